The molecule has 1 fully saturated rings. The Balaban J connectivity index is 1.78. The van der Waals surface area contributed by atoms with Crippen LogP contribution in [0.15, 0.2) is 53.4 Å². The maximum atomic E-state index is 13.0. The van der Waals surface area contributed by atoms with Crippen LogP contribution in [0, 0.1) is 0 Å². The second kappa shape index (κ2) is 8.75. The van der Waals surface area contributed by atoms with Crippen LogP contribution in [0.4, 0.5) is 11.4 Å². The lowest BCUT2D eigenvalue weighted by molar-refractivity contribution is -0.114. The number of piperidine rings is 1. The topological polar surface area (TPSA) is 69.7 Å². The van der Waals surface area contributed by atoms with Gasteiger partial charge in [0.2, 0.25) is 15.9 Å². The van der Waals surface area contributed by atoms with E-state index in [4.69, 9.17) is 0 Å². The molecular weight excluding hydrogens is 374 g/mol. The number of nitrogens with one attached hydrogen (secondary N) is 1. The molecule has 3 rings (SSSR count). The third kappa shape index (κ3) is 4.72. The monoisotopic (exact) mass is 401 g/mol. The summed E-state index contributed by atoms with van der Waals surface area (Å²) in [7, 11) is -2.03. The summed E-state index contributed by atoms with van der Waals surface area (Å²) in [6, 6.07) is 14.3. The van der Waals surface area contributed by atoms with Gasteiger partial charge in [0.05, 0.1) is 4.90 Å². The van der Waals surface area contributed by atoms with Gasteiger partial charge in [0.15, 0.2) is 0 Å². The van der Waals surface area contributed by atoms with Crippen molar-refractivity contribution in [2.24, 2.45) is 0 Å². The average Bonchev–Trinajstić information content (AvgIpc) is 2.69. The Kier molecular flexibility index (Phi) is 6.36. The Morgan fingerprint density at radius 2 is 1.68 bits per heavy atom. The normalized spacial score (nSPS) is 14.9. The van der Waals surface area contributed by atoms with Crippen molar-refractivity contribution in [1.82, 2.24) is 4.31 Å². The minimum atomic E-state index is -3.63. The lowest BCUT2D eigenvalue weighted by Crippen LogP contribution is -2.32. The number of benzene rings is 2. The van der Waals surface area contributed by atoms with Crippen molar-refractivity contribution in [1.29, 1.82) is 0 Å². The fourth-order valence-electron chi connectivity index (χ4n) is 3.51. The summed E-state index contributed by atoms with van der Waals surface area (Å²) in [6.07, 6.45) is 3.59. The number of amides is 1. The summed E-state index contributed by atoms with van der Waals surface area (Å²) >= 11 is 0. The highest BCUT2D eigenvalue weighted by atomic mass is 32.2. The fourth-order valence-corrected chi connectivity index (χ4v) is 4.66. The molecule has 0 bridgehead atoms. The Labute approximate surface area is 167 Å². The average molecular weight is 402 g/mol. The largest absolute Gasteiger partial charge is 0.371 e. The van der Waals surface area contributed by atoms with Crippen LogP contribution in [-0.4, -0.2) is 38.8 Å². The van der Waals surface area contributed by atoms with Crippen molar-refractivity contribution in [2.45, 2.75) is 37.6 Å². The number of sulfonamides is 1. The number of carbonyl (C=O) groups is 1. The lowest BCUT2D eigenvalue weighted by Gasteiger charge is -2.31. The van der Waals surface area contributed by atoms with E-state index < -0.39 is 10.0 Å². The Morgan fingerprint density at radius 3 is 2.32 bits per heavy atom. The molecule has 0 atom stereocenters. The van der Waals surface area contributed by atoms with E-state index in [-0.39, 0.29) is 10.8 Å². The Hall–Kier alpha value is -2.38. The standard InChI is InChI=1S/C21H27N3O3S/c1-17(25)22-19-10-12-20(13-11-19)28(26,27)23(2)16-18-8-4-5-9-21(18)24-14-6-3-7-15-24/h4-5,8-13H,3,6-7,14-16H2,1-2H3,(H,22,25). The second-order valence-corrected chi connectivity index (χ2v) is 9.19. The van der Waals surface area contributed by atoms with Crippen LogP contribution in [-0.2, 0) is 21.4 Å². The van der Waals surface area contributed by atoms with Crippen LogP contribution in [0.5, 0.6) is 0 Å². The van der Waals surface area contributed by atoms with Crippen LogP contribution in [0.25, 0.3) is 0 Å². The molecule has 6 nitrogen and oxygen atoms in total. The number of para-hydroxylation sites is 1. The first-order chi connectivity index (χ1) is 13.4. The van der Waals surface area contributed by atoms with E-state index in [9.17, 15) is 13.2 Å². The van der Waals surface area contributed by atoms with Gasteiger partial charge in [-0.1, -0.05) is 18.2 Å². The first kappa shape index (κ1) is 20.4. The van der Waals surface area contributed by atoms with Crippen molar-refractivity contribution in [2.75, 3.05) is 30.4 Å². The maximum absolute atomic E-state index is 13.0. The SMILES string of the molecule is CC(=O)Nc1ccc(S(=O)(=O)N(C)Cc2ccccc2N2CCCCC2)cc1. The summed E-state index contributed by atoms with van der Waals surface area (Å²) in [5, 5.41) is 2.64. The minimum absolute atomic E-state index is 0.193. The molecule has 1 saturated heterocycles. The Bertz CT molecular complexity index is 920. The molecule has 0 aromatic heterocycles. The van der Waals surface area contributed by atoms with E-state index in [2.05, 4.69) is 16.3 Å². The number of rotatable bonds is 6. The van der Waals surface area contributed by atoms with E-state index >= 15 is 0 Å². The molecule has 2 aromatic rings. The molecule has 1 N–H and O–H groups in total. The third-order valence-electron chi connectivity index (χ3n) is 4.96. The quantitative estimate of drug-likeness (QED) is 0.805. The van der Waals surface area contributed by atoms with Crippen LogP contribution >= 0.6 is 0 Å². The summed E-state index contributed by atoms with van der Waals surface area (Å²) in [6.45, 7) is 3.75. The van der Waals surface area contributed by atoms with E-state index in [0.717, 1.165) is 24.3 Å². The molecule has 2 aromatic carbocycles. The van der Waals surface area contributed by atoms with Gasteiger partial charge >= 0.3 is 0 Å². The number of hydrogen-bond acceptors (Lipinski definition) is 4. The zero-order valence-electron chi connectivity index (χ0n) is 16.4. The maximum Gasteiger partial charge on any atom is 0.243 e. The summed E-state index contributed by atoms with van der Waals surface area (Å²) < 4.78 is 27.3. The van der Waals surface area contributed by atoms with Gasteiger partial charge in [-0.3, -0.25) is 4.79 Å². The minimum Gasteiger partial charge on any atom is -0.371 e. The van der Waals surface area contributed by atoms with Crippen molar-refractivity contribution < 1.29 is 13.2 Å². The molecule has 0 radical (unpaired) electrons. The molecule has 150 valence electrons. The zero-order valence-corrected chi connectivity index (χ0v) is 17.2. The van der Waals surface area contributed by atoms with Crippen LogP contribution in [0.1, 0.15) is 31.7 Å². The lowest BCUT2D eigenvalue weighted by atomic mass is 10.1. The van der Waals surface area contributed by atoms with E-state index in [1.807, 2.05) is 18.2 Å². The van der Waals surface area contributed by atoms with Gasteiger partial charge in [0, 0.05) is 45.0 Å². The number of anilines is 2. The van der Waals surface area contributed by atoms with Gasteiger partial charge < -0.3 is 10.2 Å². The van der Waals surface area contributed by atoms with Gasteiger partial charge in [0.25, 0.3) is 0 Å². The highest BCUT2D eigenvalue weighted by molar-refractivity contribution is 7.89. The molecule has 28 heavy (non-hydrogen) atoms. The molecule has 0 spiro atoms. The molecule has 0 unspecified atom stereocenters. The zero-order chi connectivity index (χ0) is 20.1. The highest BCUT2D eigenvalue weighted by Gasteiger charge is 2.23. The van der Waals surface area contributed by atoms with E-state index in [1.54, 1.807) is 19.2 Å². The smallest absolute Gasteiger partial charge is 0.243 e. The number of hydrogen-bond donors (Lipinski definition) is 1. The predicted molar refractivity (Wildman–Crippen MR) is 112 cm³/mol. The molecule has 7 heteroatoms. The molecule has 0 saturated carbocycles. The highest BCUT2D eigenvalue weighted by Crippen LogP contribution is 2.27. The molecule has 1 aliphatic heterocycles. The summed E-state index contributed by atoms with van der Waals surface area (Å²) in [5.41, 5.74) is 2.69. The molecule has 0 aliphatic carbocycles. The van der Waals surface area contributed by atoms with E-state index in [0.29, 0.717) is 12.2 Å². The van der Waals surface area contributed by atoms with Gasteiger partial charge in [0.1, 0.15) is 0 Å². The van der Waals surface area contributed by atoms with Gasteiger partial charge in [-0.2, -0.15) is 4.31 Å². The van der Waals surface area contributed by atoms with Crippen LogP contribution in [0.3, 0.4) is 0 Å². The predicted octanol–water partition coefficient (Wildman–Crippen LogP) is 3.46. The van der Waals surface area contributed by atoms with Crippen molar-refractivity contribution in [3.8, 4) is 0 Å². The second-order valence-electron chi connectivity index (χ2n) is 7.14. The van der Waals surface area contributed by atoms with Gasteiger partial charge in [-0.25, -0.2) is 8.42 Å². The molecule has 1 amide bonds. The number of nitrogens with zero attached hydrogens (tertiary/aromatic N) is 2. The van der Waals surface area contributed by atoms with E-state index in [1.165, 1.54) is 42.6 Å². The fraction of sp³-hybridized carbons (Fsp3) is 0.381. The van der Waals surface area contributed by atoms with Crippen molar-refractivity contribution in [3.05, 3.63) is 54.1 Å². The molecule has 1 heterocycles. The van der Waals surface area contributed by atoms with Gasteiger partial charge in [-0.15, -0.1) is 0 Å². The number of carbonyl (C=O) groups excluding carboxylic acids is 1. The summed E-state index contributed by atoms with van der Waals surface area (Å²) in [4.78, 5) is 13.7. The third-order valence-corrected chi connectivity index (χ3v) is 6.78. The van der Waals surface area contributed by atoms with Crippen LogP contribution in [0.2, 0.25) is 0 Å². The first-order valence-electron chi connectivity index (χ1n) is 9.55. The molecule has 1 aliphatic rings. The molecular formula is C21H27N3O3S. The van der Waals surface area contributed by atoms with Gasteiger partial charge in [-0.05, 0) is 55.2 Å². The summed E-state index contributed by atoms with van der Waals surface area (Å²) in [5.74, 6) is -0.193. The van der Waals surface area contributed by atoms with Crippen molar-refractivity contribution >= 4 is 27.3 Å². The Morgan fingerprint density at radius 1 is 1.04 bits per heavy atom. The first-order valence-corrected chi connectivity index (χ1v) is 11.0. The van der Waals surface area contributed by atoms with Crippen molar-refractivity contribution in [3.63, 3.8) is 0 Å². The van der Waals surface area contributed by atoms with Crippen LogP contribution < -0.4 is 10.2 Å².